The SMILES string of the molecule is Cc1ccc2ncc(C(=O)NCC(C)(O)c3cnn(C)c3)n2c1. The number of carbonyl (C=O) groups is 1. The van der Waals surface area contributed by atoms with E-state index in [1.54, 1.807) is 35.4 Å². The first kappa shape index (κ1) is 15.2. The smallest absolute Gasteiger partial charge is 0.270 e. The summed E-state index contributed by atoms with van der Waals surface area (Å²) >= 11 is 0. The Morgan fingerprint density at radius 1 is 1.35 bits per heavy atom. The number of aryl methyl sites for hydroxylation is 2. The highest BCUT2D eigenvalue weighted by Crippen LogP contribution is 2.18. The van der Waals surface area contributed by atoms with Gasteiger partial charge in [0, 0.05) is 25.0 Å². The molecule has 3 aromatic heterocycles. The molecule has 0 radical (unpaired) electrons. The van der Waals surface area contributed by atoms with Crippen molar-refractivity contribution >= 4 is 11.6 Å². The lowest BCUT2D eigenvalue weighted by Gasteiger charge is -2.22. The van der Waals surface area contributed by atoms with Crippen molar-refractivity contribution in [2.45, 2.75) is 19.4 Å². The Kier molecular flexibility index (Phi) is 3.65. The van der Waals surface area contributed by atoms with Crippen LogP contribution in [0.1, 0.15) is 28.5 Å². The molecule has 3 aromatic rings. The second-order valence-electron chi connectivity index (χ2n) is 5.94. The Balaban J connectivity index is 1.77. The lowest BCUT2D eigenvalue weighted by atomic mass is 10.00. The normalized spacial score (nSPS) is 13.9. The van der Waals surface area contributed by atoms with Gasteiger partial charge in [-0.15, -0.1) is 0 Å². The average molecular weight is 313 g/mol. The van der Waals surface area contributed by atoms with Crippen molar-refractivity contribution in [1.29, 1.82) is 0 Å². The topological polar surface area (TPSA) is 84.4 Å². The maximum Gasteiger partial charge on any atom is 0.270 e. The standard InChI is InChI=1S/C16H19N5O2/c1-11-4-5-14-17-7-13(21(14)8-11)15(22)18-10-16(2,23)12-6-19-20(3)9-12/h4-9,23H,10H2,1-3H3,(H,18,22). The number of hydrogen-bond donors (Lipinski definition) is 2. The molecule has 0 aliphatic heterocycles. The third-order valence-electron chi connectivity index (χ3n) is 3.81. The van der Waals surface area contributed by atoms with E-state index in [9.17, 15) is 9.90 Å². The van der Waals surface area contributed by atoms with Crippen LogP contribution < -0.4 is 5.32 Å². The summed E-state index contributed by atoms with van der Waals surface area (Å²) in [5.41, 5.74) is 1.63. The Bertz CT molecular complexity index is 862. The number of rotatable bonds is 4. The fraction of sp³-hybridized carbons (Fsp3) is 0.312. The Hall–Kier alpha value is -2.67. The van der Waals surface area contributed by atoms with Crippen LogP contribution in [0.5, 0.6) is 0 Å². The summed E-state index contributed by atoms with van der Waals surface area (Å²) in [6.45, 7) is 3.67. The second kappa shape index (κ2) is 5.51. The van der Waals surface area contributed by atoms with E-state index in [1.165, 1.54) is 6.20 Å². The van der Waals surface area contributed by atoms with Gasteiger partial charge in [0.1, 0.15) is 16.9 Å². The Labute approximate surface area is 133 Å². The highest BCUT2D eigenvalue weighted by molar-refractivity contribution is 5.93. The van der Waals surface area contributed by atoms with Gasteiger partial charge < -0.3 is 10.4 Å². The van der Waals surface area contributed by atoms with E-state index in [4.69, 9.17) is 0 Å². The van der Waals surface area contributed by atoms with Gasteiger partial charge in [-0.2, -0.15) is 5.10 Å². The van der Waals surface area contributed by atoms with Gasteiger partial charge in [0.15, 0.2) is 0 Å². The first-order valence-corrected chi connectivity index (χ1v) is 7.30. The van der Waals surface area contributed by atoms with Gasteiger partial charge in [0.25, 0.3) is 5.91 Å². The number of nitrogens with zero attached hydrogens (tertiary/aromatic N) is 4. The zero-order valence-corrected chi connectivity index (χ0v) is 13.3. The molecule has 7 nitrogen and oxygen atoms in total. The van der Waals surface area contributed by atoms with E-state index < -0.39 is 5.60 Å². The molecular formula is C16H19N5O2. The van der Waals surface area contributed by atoms with E-state index in [0.717, 1.165) is 5.56 Å². The van der Waals surface area contributed by atoms with E-state index >= 15 is 0 Å². The highest BCUT2D eigenvalue weighted by atomic mass is 16.3. The van der Waals surface area contributed by atoms with Crippen LogP contribution in [0.3, 0.4) is 0 Å². The van der Waals surface area contributed by atoms with Crippen LogP contribution in [0.2, 0.25) is 0 Å². The zero-order chi connectivity index (χ0) is 16.6. The molecule has 2 N–H and O–H groups in total. The molecule has 3 heterocycles. The minimum atomic E-state index is -1.19. The number of carbonyl (C=O) groups excluding carboxylic acids is 1. The predicted molar refractivity (Wildman–Crippen MR) is 85.0 cm³/mol. The number of fused-ring (bicyclic) bond motifs is 1. The summed E-state index contributed by atoms with van der Waals surface area (Å²) in [4.78, 5) is 16.6. The fourth-order valence-corrected chi connectivity index (χ4v) is 2.40. The summed E-state index contributed by atoms with van der Waals surface area (Å²) in [5, 5.41) is 17.3. The summed E-state index contributed by atoms with van der Waals surface area (Å²) in [5.74, 6) is -0.285. The largest absolute Gasteiger partial charge is 0.383 e. The number of nitrogens with one attached hydrogen (secondary N) is 1. The van der Waals surface area contributed by atoms with Crippen molar-refractivity contribution < 1.29 is 9.90 Å². The molecule has 1 amide bonds. The summed E-state index contributed by atoms with van der Waals surface area (Å²) in [6, 6.07) is 3.80. The molecule has 23 heavy (non-hydrogen) atoms. The van der Waals surface area contributed by atoms with Crippen molar-refractivity contribution in [3.05, 3.63) is 53.7 Å². The number of hydrogen-bond acceptors (Lipinski definition) is 4. The van der Waals surface area contributed by atoms with Gasteiger partial charge in [-0.05, 0) is 25.5 Å². The van der Waals surface area contributed by atoms with Crippen molar-refractivity contribution in [3.63, 3.8) is 0 Å². The van der Waals surface area contributed by atoms with Crippen molar-refractivity contribution in [2.24, 2.45) is 7.05 Å². The number of aliphatic hydroxyl groups is 1. The molecule has 120 valence electrons. The summed E-state index contributed by atoms with van der Waals surface area (Å²) in [7, 11) is 1.78. The minimum Gasteiger partial charge on any atom is -0.383 e. The van der Waals surface area contributed by atoms with Gasteiger partial charge in [-0.1, -0.05) is 6.07 Å². The predicted octanol–water partition coefficient (Wildman–Crippen LogP) is 1.01. The Morgan fingerprint density at radius 3 is 2.83 bits per heavy atom. The molecule has 3 rings (SSSR count). The lowest BCUT2D eigenvalue weighted by Crippen LogP contribution is -2.38. The average Bonchev–Trinajstić information content (AvgIpc) is 3.11. The van der Waals surface area contributed by atoms with Gasteiger partial charge in [-0.3, -0.25) is 13.9 Å². The summed E-state index contributed by atoms with van der Waals surface area (Å²) in [6.07, 6.45) is 6.70. The van der Waals surface area contributed by atoms with Crippen LogP contribution in [-0.2, 0) is 12.6 Å². The van der Waals surface area contributed by atoms with Crippen molar-refractivity contribution in [1.82, 2.24) is 24.5 Å². The molecule has 0 saturated heterocycles. The lowest BCUT2D eigenvalue weighted by molar-refractivity contribution is 0.0524. The van der Waals surface area contributed by atoms with E-state index in [0.29, 0.717) is 16.9 Å². The molecular weight excluding hydrogens is 294 g/mol. The number of amides is 1. The molecule has 7 heteroatoms. The number of imidazole rings is 1. The molecule has 0 bridgehead atoms. The third-order valence-corrected chi connectivity index (χ3v) is 3.81. The highest BCUT2D eigenvalue weighted by Gasteiger charge is 2.26. The zero-order valence-electron chi connectivity index (χ0n) is 13.3. The molecule has 1 atom stereocenters. The quantitative estimate of drug-likeness (QED) is 0.753. The second-order valence-corrected chi connectivity index (χ2v) is 5.94. The van der Waals surface area contributed by atoms with Gasteiger partial charge >= 0.3 is 0 Å². The third kappa shape index (κ3) is 2.95. The molecule has 0 spiro atoms. The van der Waals surface area contributed by atoms with E-state index in [-0.39, 0.29) is 12.5 Å². The molecule has 0 aromatic carbocycles. The Morgan fingerprint density at radius 2 is 2.13 bits per heavy atom. The van der Waals surface area contributed by atoms with Crippen LogP contribution in [0, 0.1) is 6.92 Å². The van der Waals surface area contributed by atoms with Crippen LogP contribution in [0.4, 0.5) is 0 Å². The van der Waals surface area contributed by atoms with E-state index in [2.05, 4.69) is 15.4 Å². The maximum absolute atomic E-state index is 12.4. The van der Waals surface area contributed by atoms with Gasteiger partial charge in [-0.25, -0.2) is 4.98 Å². The minimum absolute atomic E-state index is 0.0799. The fourth-order valence-electron chi connectivity index (χ4n) is 2.40. The van der Waals surface area contributed by atoms with Crippen molar-refractivity contribution in [2.75, 3.05) is 6.54 Å². The molecule has 0 saturated carbocycles. The maximum atomic E-state index is 12.4. The first-order chi connectivity index (χ1) is 10.9. The monoisotopic (exact) mass is 313 g/mol. The molecule has 1 unspecified atom stereocenters. The van der Waals surface area contributed by atoms with Gasteiger partial charge in [0.2, 0.25) is 0 Å². The number of aromatic nitrogens is 4. The van der Waals surface area contributed by atoms with Crippen LogP contribution >= 0.6 is 0 Å². The molecule has 0 aliphatic carbocycles. The van der Waals surface area contributed by atoms with Crippen molar-refractivity contribution in [3.8, 4) is 0 Å². The van der Waals surface area contributed by atoms with Crippen LogP contribution in [-0.4, -0.2) is 36.7 Å². The van der Waals surface area contributed by atoms with Crippen LogP contribution in [0.25, 0.3) is 5.65 Å². The van der Waals surface area contributed by atoms with Crippen LogP contribution in [0.15, 0.2) is 36.9 Å². The van der Waals surface area contributed by atoms with E-state index in [1.807, 2.05) is 25.3 Å². The summed E-state index contributed by atoms with van der Waals surface area (Å²) < 4.78 is 3.35. The number of pyridine rings is 1. The molecule has 0 fully saturated rings. The van der Waals surface area contributed by atoms with Gasteiger partial charge in [0.05, 0.1) is 18.9 Å². The molecule has 0 aliphatic rings. The first-order valence-electron chi connectivity index (χ1n) is 7.30.